The quantitative estimate of drug-likeness (QED) is 0.203. The number of aliphatic carboxylic acids is 2. The molecule has 0 aliphatic rings. The van der Waals surface area contributed by atoms with Crippen LogP contribution in [0.2, 0.25) is 0 Å². The van der Waals surface area contributed by atoms with Crippen LogP contribution >= 0.6 is 0 Å². The largest absolute Gasteiger partial charge is 0.480 e. The highest BCUT2D eigenvalue weighted by atomic mass is 16.6. The molecule has 11 nitrogen and oxygen atoms in total. The number of hydrogen-bond acceptors (Lipinski definition) is 9. The summed E-state index contributed by atoms with van der Waals surface area (Å²) in [5.74, 6) is -1.91. The Labute approximate surface area is 193 Å². The average molecular weight is 468 g/mol. The summed E-state index contributed by atoms with van der Waals surface area (Å²) < 4.78 is 9.78. The molecule has 0 aromatic heterocycles. The first-order valence-corrected chi connectivity index (χ1v) is 10.7. The Kier molecular flexibility index (Phi) is 14.1. The van der Waals surface area contributed by atoms with E-state index in [9.17, 15) is 24.3 Å². The first kappa shape index (κ1) is 28.0. The van der Waals surface area contributed by atoms with Gasteiger partial charge in [-0.05, 0) is 31.5 Å². The Morgan fingerprint density at radius 3 is 2.00 bits per heavy atom. The molecule has 0 radical (unpaired) electrons. The third-order valence-electron chi connectivity index (χ3n) is 5.03. The minimum atomic E-state index is -0.994. The van der Waals surface area contributed by atoms with Crippen molar-refractivity contribution in [3.05, 3.63) is 35.9 Å². The normalized spacial score (nSPS) is 12.0. The highest BCUT2D eigenvalue weighted by Crippen LogP contribution is 2.12. The lowest BCUT2D eigenvalue weighted by Gasteiger charge is -2.34. The number of carboxylic acids is 2. The average Bonchev–Trinajstić information content (AvgIpc) is 2.78. The lowest BCUT2D eigenvalue weighted by molar-refractivity contribution is -0.145. The summed E-state index contributed by atoms with van der Waals surface area (Å²) in [6.07, 6.45) is 1.07. The van der Waals surface area contributed by atoms with Crippen molar-refractivity contribution in [3.63, 3.8) is 0 Å². The summed E-state index contributed by atoms with van der Waals surface area (Å²) in [6.45, 7) is 3.72. The number of nitrogens with zero attached hydrogens (tertiary/aromatic N) is 3. The van der Waals surface area contributed by atoms with Gasteiger partial charge in [-0.15, -0.1) is 0 Å². The van der Waals surface area contributed by atoms with E-state index in [4.69, 9.17) is 14.6 Å². The maximum Gasteiger partial charge on any atom is 0.317 e. The fourth-order valence-electron chi connectivity index (χ4n) is 3.48. The number of hydrogen-bond donors (Lipinski definition) is 2. The number of likely N-dealkylation sites (N-methyl/N-ethyl adjacent to an activating group) is 1. The maximum absolute atomic E-state index is 11.5. The van der Waals surface area contributed by atoms with E-state index < -0.39 is 11.9 Å². The highest BCUT2D eigenvalue weighted by Gasteiger charge is 2.24. The number of ether oxygens (including phenoxy) is 2. The van der Waals surface area contributed by atoms with E-state index in [-0.39, 0.29) is 32.6 Å². The maximum atomic E-state index is 11.5. The van der Waals surface area contributed by atoms with Crippen LogP contribution in [0.25, 0.3) is 0 Å². The molecular formula is C22H33N3O8. The van der Waals surface area contributed by atoms with Gasteiger partial charge in [0.25, 0.3) is 12.9 Å². The Morgan fingerprint density at radius 2 is 1.48 bits per heavy atom. The molecule has 2 N–H and O–H groups in total. The van der Waals surface area contributed by atoms with Gasteiger partial charge in [0.1, 0.15) is 13.5 Å². The molecule has 0 heterocycles. The minimum absolute atomic E-state index is 0.0775. The fraction of sp³-hybridized carbons (Fsp3) is 0.545. The summed E-state index contributed by atoms with van der Waals surface area (Å²) in [5.41, 5.74) is 0.985. The smallest absolute Gasteiger partial charge is 0.317 e. The van der Waals surface area contributed by atoms with Crippen LogP contribution in [0.1, 0.15) is 18.9 Å². The van der Waals surface area contributed by atoms with E-state index in [2.05, 4.69) is 0 Å². The Bertz CT molecular complexity index is 707. The van der Waals surface area contributed by atoms with Gasteiger partial charge in [-0.2, -0.15) is 0 Å². The van der Waals surface area contributed by atoms with Crippen LogP contribution in [-0.4, -0.2) is 109 Å². The zero-order valence-electron chi connectivity index (χ0n) is 18.9. The molecule has 0 amide bonds. The Hall–Kier alpha value is -3.02. The molecule has 11 heteroatoms. The molecule has 1 atom stereocenters. The Morgan fingerprint density at radius 1 is 0.939 bits per heavy atom. The second kappa shape index (κ2) is 16.6. The van der Waals surface area contributed by atoms with Crippen LogP contribution in [0.5, 0.6) is 0 Å². The molecule has 1 rings (SSSR count). The SMILES string of the molecule is CCN(CCCN(CC(=O)O)CC(Cc1ccccc1)N(COC=O)COC=O)CC(=O)O. The van der Waals surface area contributed by atoms with Gasteiger partial charge in [0.2, 0.25) is 0 Å². The molecule has 1 aromatic carbocycles. The van der Waals surface area contributed by atoms with Gasteiger partial charge >= 0.3 is 11.9 Å². The summed E-state index contributed by atoms with van der Waals surface area (Å²) in [6, 6.07) is 9.19. The minimum Gasteiger partial charge on any atom is -0.480 e. The molecule has 1 unspecified atom stereocenters. The molecule has 0 aliphatic carbocycles. The lowest BCUT2D eigenvalue weighted by Crippen LogP contribution is -2.48. The van der Waals surface area contributed by atoms with Crippen molar-refractivity contribution in [2.24, 2.45) is 0 Å². The summed E-state index contributed by atoms with van der Waals surface area (Å²) in [5, 5.41) is 18.4. The molecule has 0 fully saturated rings. The number of carbonyl (C=O) groups is 4. The molecular weight excluding hydrogens is 434 g/mol. The van der Waals surface area contributed by atoms with E-state index in [1.807, 2.05) is 37.3 Å². The molecule has 0 aliphatic heterocycles. The molecule has 0 spiro atoms. The topological polar surface area (TPSA) is 137 Å². The predicted octanol–water partition coefficient (Wildman–Crippen LogP) is 0.344. The molecule has 0 bridgehead atoms. The van der Waals surface area contributed by atoms with E-state index in [0.717, 1.165) is 5.56 Å². The van der Waals surface area contributed by atoms with Crippen molar-refractivity contribution in [1.29, 1.82) is 0 Å². The van der Waals surface area contributed by atoms with Crippen molar-refractivity contribution in [2.75, 3.05) is 52.7 Å². The van der Waals surface area contributed by atoms with Gasteiger partial charge in [-0.1, -0.05) is 37.3 Å². The third-order valence-corrected chi connectivity index (χ3v) is 5.03. The zero-order valence-corrected chi connectivity index (χ0v) is 18.9. The van der Waals surface area contributed by atoms with Crippen LogP contribution < -0.4 is 0 Å². The van der Waals surface area contributed by atoms with Crippen molar-refractivity contribution >= 4 is 24.9 Å². The van der Waals surface area contributed by atoms with Gasteiger partial charge in [0.05, 0.1) is 13.1 Å². The number of carboxylic acid groups (broad SMARTS) is 2. The van der Waals surface area contributed by atoms with E-state index in [1.54, 1.807) is 14.7 Å². The van der Waals surface area contributed by atoms with Crippen molar-refractivity contribution in [3.8, 4) is 0 Å². The van der Waals surface area contributed by atoms with Gasteiger partial charge in [-0.3, -0.25) is 29.0 Å². The lowest BCUT2D eigenvalue weighted by atomic mass is 10.0. The second-order valence-corrected chi connectivity index (χ2v) is 7.46. The van der Waals surface area contributed by atoms with Crippen LogP contribution in [0.4, 0.5) is 0 Å². The van der Waals surface area contributed by atoms with Crippen LogP contribution in [0.15, 0.2) is 30.3 Å². The molecule has 184 valence electrons. The van der Waals surface area contributed by atoms with Gasteiger partial charge in [0.15, 0.2) is 0 Å². The van der Waals surface area contributed by atoms with Crippen molar-refractivity contribution < 1.29 is 38.9 Å². The van der Waals surface area contributed by atoms with E-state index in [1.165, 1.54) is 0 Å². The molecule has 1 aromatic rings. The molecule has 0 saturated carbocycles. The fourth-order valence-corrected chi connectivity index (χ4v) is 3.48. The summed E-state index contributed by atoms with van der Waals surface area (Å²) in [7, 11) is 0. The van der Waals surface area contributed by atoms with Crippen LogP contribution in [0, 0.1) is 0 Å². The first-order valence-electron chi connectivity index (χ1n) is 10.7. The predicted molar refractivity (Wildman–Crippen MR) is 118 cm³/mol. The van der Waals surface area contributed by atoms with Crippen LogP contribution in [0.3, 0.4) is 0 Å². The first-order chi connectivity index (χ1) is 15.9. The molecule has 33 heavy (non-hydrogen) atoms. The molecule has 0 saturated heterocycles. The zero-order chi connectivity index (χ0) is 24.5. The van der Waals surface area contributed by atoms with Gasteiger partial charge < -0.3 is 19.7 Å². The monoisotopic (exact) mass is 467 g/mol. The highest BCUT2D eigenvalue weighted by molar-refractivity contribution is 5.69. The van der Waals surface area contributed by atoms with E-state index >= 15 is 0 Å². The Balaban J connectivity index is 2.96. The standard InChI is InChI=1S/C22H33N3O8/c1-2-23(13-21(28)29)9-6-10-24(14-22(30)31)12-20(11-19-7-4-3-5-8-19)25(15-32-17-26)16-33-18-27/h3-5,7-8,17-18,20H,2,6,9-16H2,1H3,(H,28,29)(H,30,31). The summed E-state index contributed by atoms with van der Waals surface area (Å²) in [4.78, 5) is 49.1. The van der Waals surface area contributed by atoms with Crippen molar-refractivity contribution in [1.82, 2.24) is 14.7 Å². The van der Waals surface area contributed by atoms with Gasteiger partial charge in [-0.25, -0.2) is 4.90 Å². The number of rotatable bonds is 20. The van der Waals surface area contributed by atoms with Crippen LogP contribution in [-0.2, 0) is 35.1 Å². The van der Waals surface area contributed by atoms with E-state index in [0.29, 0.717) is 52.0 Å². The third kappa shape index (κ3) is 12.6. The number of benzene rings is 1. The summed E-state index contributed by atoms with van der Waals surface area (Å²) >= 11 is 0. The van der Waals surface area contributed by atoms with Gasteiger partial charge in [0, 0.05) is 19.1 Å². The second-order valence-electron chi connectivity index (χ2n) is 7.46. The number of carbonyl (C=O) groups excluding carboxylic acids is 2. The van der Waals surface area contributed by atoms with Crippen molar-refractivity contribution in [2.45, 2.75) is 25.8 Å².